The van der Waals surface area contributed by atoms with E-state index in [-0.39, 0.29) is 16.9 Å². The molecular formula is C19H26OS. The highest BCUT2D eigenvalue weighted by molar-refractivity contribution is 7.81. The summed E-state index contributed by atoms with van der Waals surface area (Å²) in [6.07, 6.45) is 14.0. The zero-order chi connectivity index (χ0) is 14.8. The second-order valence-corrected chi connectivity index (χ2v) is 8.71. The Labute approximate surface area is 133 Å². The van der Waals surface area contributed by atoms with Crippen LogP contribution in [0.25, 0.3) is 0 Å². The van der Waals surface area contributed by atoms with Gasteiger partial charge in [-0.25, -0.2) is 0 Å². The van der Waals surface area contributed by atoms with E-state index in [1.54, 1.807) is 5.57 Å². The van der Waals surface area contributed by atoms with Crippen LogP contribution in [0.4, 0.5) is 0 Å². The van der Waals surface area contributed by atoms with Gasteiger partial charge in [0, 0.05) is 10.3 Å². The van der Waals surface area contributed by atoms with Crippen molar-refractivity contribution >= 4 is 17.1 Å². The first-order valence-corrected chi connectivity index (χ1v) is 8.98. The predicted octanol–water partition coefficient (Wildman–Crippen LogP) is 4.46. The minimum Gasteiger partial charge on any atom is -0.393 e. The molecule has 114 valence electrons. The third-order valence-electron chi connectivity index (χ3n) is 7.51. The van der Waals surface area contributed by atoms with Crippen molar-refractivity contribution in [3.63, 3.8) is 0 Å². The highest BCUT2D eigenvalue weighted by Gasteiger charge is 2.58. The minimum absolute atomic E-state index is 0.0670. The van der Waals surface area contributed by atoms with Crippen molar-refractivity contribution in [3.05, 3.63) is 23.8 Å². The molecule has 0 aromatic heterocycles. The van der Waals surface area contributed by atoms with E-state index in [0.717, 1.165) is 29.0 Å². The average Bonchev–Trinajstić information content (AvgIpc) is 2.76. The quantitative estimate of drug-likeness (QED) is 0.667. The second kappa shape index (κ2) is 4.52. The van der Waals surface area contributed by atoms with Gasteiger partial charge in [0.25, 0.3) is 0 Å². The van der Waals surface area contributed by atoms with Gasteiger partial charge >= 0.3 is 0 Å². The third kappa shape index (κ3) is 1.81. The van der Waals surface area contributed by atoms with E-state index >= 15 is 0 Å². The van der Waals surface area contributed by atoms with Crippen LogP contribution in [0.5, 0.6) is 0 Å². The number of thiocarbonyl (C=S) groups is 1. The van der Waals surface area contributed by atoms with Gasteiger partial charge in [0.15, 0.2) is 0 Å². The van der Waals surface area contributed by atoms with Gasteiger partial charge in [0.1, 0.15) is 0 Å². The van der Waals surface area contributed by atoms with Gasteiger partial charge in [-0.2, -0.15) is 0 Å². The lowest BCUT2D eigenvalue weighted by Gasteiger charge is -2.56. The van der Waals surface area contributed by atoms with Crippen LogP contribution in [0.15, 0.2) is 23.8 Å². The number of allylic oxidation sites excluding steroid dienone is 4. The van der Waals surface area contributed by atoms with Crippen LogP contribution < -0.4 is 0 Å². The Hall–Kier alpha value is -0.470. The number of fused-ring (bicyclic) bond motifs is 5. The van der Waals surface area contributed by atoms with E-state index in [4.69, 9.17) is 12.2 Å². The Morgan fingerprint density at radius 3 is 2.76 bits per heavy atom. The summed E-state index contributed by atoms with van der Waals surface area (Å²) in [6.45, 7) is 4.78. The van der Waals surface area contributed by atoms with Gasteiger partial charge < -0.3 is 5.11 Å². The van der Waals surface area contributed by atoms with Crippen LogP contribution in [0.2, 0.25) is 0 Å². The molecule has 1 N–H and O–H groups in total. The molecule has 0 aromatic rings. The summed E-state index contributed by atoms with van der Waals surface area (Å²) in [5.41, 5.74) is 1.98. The van der Waals surface area contributed by atoms with Crippen LogP contribution in [0.3, 0.4) is 0 Å². The molecule has 0 aliphatic heterocycles. The van der Waals surface area contributed by atoms with Crippen LogP contribution in [-0.2, 0) is 0 Å². The molecule has 1 nitrogen and oxygen atoms in total. The maximum Gasteiger partial charge on any atom is 0.0596 e. The van der Waals surface area contributed by atoms with Crippen molar-refractivity contribution in [1.82, 2.24) is 0 Å². The van der Waals surface area contributed by atoms with Crippen LogP contribution in [0, 0.1) is 28.6 Å². The molecule has 4 aliphatic rings. The monoisotopic (exact) mass is 302 g/mol. The highest BCUT2D eigenvalue weighted by atomic mass is 32.1. The van der Waals surface area contributed by atoms with Crippen molar-refractivity contribution in [2.75, 3.05) is 0 Å². The van der Waals surface area contributed by atoms with Crippen molar-refractivity contribution in [1.29, 1.82) is 0 Å². The summed E-state index contributed by atoms with van der Waals surface area (Å²) < 4.78 is 0. The smallest absolute Gasteiger partial charge is 0.0596 e. The first kappa shape index (κ1) is 14.1. The van der Waals surface area contributed by atoms with E-state index in [1.165, 1.54) is 32.1 Å². The average molecular weight is 302 g/mol. The molecule has 3 saturated carbocycles. The summed E-state index contributed by atoms with van der Waals surface area (Å²) in [4.78, 5) is 0.998. The normalized spacial score (nSPS) is 52.0. The topological polar surface area (TPSA) is 20.2 Å². The second-order valence-electron chi connectivity index (χ2n) is 8.24. The summed E-state index contributed by atoms with van der Waals surface area (Å²) in [5.74, 6) is 2.27. The summed E-state index contributed by atoms with van der Waals surface area (Å²) in [5, 5.41) is 10.5. The fourth-order valence-electron chi connectivity index (χ4n) is 6.17. The predicted molar refractivity (Wildman–Crippen MR) is 90.2 cm³/mol. The maximum atomic E-state index is 10.5. The molecule has 0 heterocycles. The van der Waals surface area contributed by atoms with E-state index in [2.05, 4.69) is 32.1 Å². The van der Waals surface area contributed by atoms with Gasteiger partial charge in [0.05, 0.1) is 6.10 Å². The van der Waals surface area contributed by atoms with Gasteiger partial charge in [-0.3, -0.25) is 0 Å². The Kier molecular flexibility index (Phi) is 3.04. The zero-order valence-electron chi connectivity index (χ0n) is 13.1. The van der Waals surface area contributed by atoms with Crippen molar-refractivity contribution in [3.8, 4) is 0 Å². The molecule has 6 atom stereocenters. The fraction of sp³-hybridized carbons (Fsp3) is 0.737. The molecule has 0 aromatic carbocycles. The number of hydrogen-bond donors (Lipinski definition) is 1. The summed E-state index contributed by atoms with van der Waals surface area (Å²) in [6, 6.07) is 0. The van der Waals surface area contributed by atoms with Crippen LogP contribution in [0.1, 0.15) is 52.4 Å². The molecule has 0 unspecified atom stereocenters. The lowest BCUT2D eigenvalue weighted by molar-refractivity contribution is -0.0613. The number of aliphatic hydroxyl groups is 1. The van der Waals surface area contributed by atoms with Gasteiger partial charge in [-0.1, -0.05) is 37.7 Å². The Balaban J connectivity index is 1.70. The molecule has 0 spiro atoms. The standard InChI is InChI=1S/C19H26OS/c1-18-9-7-13(21)11-12(18)3-4-14-15-5-6-17(20)19(15,2)10-8-16(14)18/h7,9,11,14-17,20H,3-6,8,10H2,1-2H3/t14-,15-,16-,17-,18-,19-/m0/s1. The van der Waals surface area contributed by atoms with E-state index < -0.39 is 0 Å². The lowest BCUT2D eigenvalue weighted by atomic mass is 9.48. The van der Waals surface area contributed by atoms with E-state index in [9.17, 15) is 5.11 Å². The number of hydrogen-bond acceptors (Lipinski definition) is 2. The van der Waals surface area contributed by atoms with Crippen LogP contribution in [-0.4, -0.2) is 16.1 Å². The van der Waals surface area contributed by atoms with Gasteiger partial charge in [-0.15, -0.1) is 0 Å². The molecule has 0 amide bonds. The van der Waals surface area contributed by atoms with Gasteiger partial charge in [0.2, 0.25) is 0 Å². The number of aliphatic hydroxyl groups excluding tert-OH is 1. The third-order valence-corrected chi connectivity index (χ3v) is 7.76. The molecule has 4 aliphatic carbocycles. The minimum atomic E-state index is -0.0670. The molecular weight excluding hydrogens is 276 g/mol. The SMILES string of the molecule is C[C@]12CC[C@H]3[C@@H](CCC4=CC(=S)C=C[C@@]43C)[C@@H]1CC[C@@H]2O. The Morgan fingerprint density at radius 2 is 1.95 bits per heavy atom. The van der Waals surface area contributed by atoms with Crippen molar-refractivity contribution in [2.45, 2.75) is 58.5 Å². The first-order valence-electron chi connectivity index (χ1n) is 8.57. The highest BCUT2D eigenvalue weighted by Crippen LogP contribution is 2.64. The Morgan fingerprint density at radius 1 is 1.14 bits per heavy atom. The molecule has 2 heteroatoms. The molecule has 4 rings (SSSR count). The van der Waals surface area contributed by atoms with Gasteiger partial charge in [-0.05, 0) is 73.8 Å². The van der Waals surface area contributed by atoms with E-state index in [1.807, 2.05) is 0 Å². The summed E-state index contributed by atoms with van der Waals surface area (Å²) >= 11 is 5.38. The van der Waals surface area contributed by atoms with E-state index in [0.29, 0.717) is 0 Å². The summed E-state index contributed by atoms with van der Waals surface area (Å²) in [7, 11) is 0. The fourth-order valence-corrected chi connectivity index (χ4v) is 6.38. The zero-order valence-corrected chi connectivity index (χ0v) is 14.0. The molecule has 3 fully saturated rings. The van der Waals surface area contributed by atoms with Crippen molar-refractivity contribution in [2.24, 2.45) is 28.6 Å². The maximum absolute atomic E-state index is 10.5. The van der Waals surface area contributed by atoms with Crippen molar-refractivity contribution < 1.29 is 5.11 Å². The molecule has 0 saturated heterocycles. The largest absolute Gasteiger partial charge is 0.393 e. The van der Waals surface area contributed by atoms with Crippen LogP contribution >= 0.6 is 12.2 Å². The molecule has 21 heavy (non-hydrogen) atoms. The Bertz CT molecular complexity index is 548. The lowest BCUT2D eigenvalue weighted by Crippen LogP contribution is -2.50. The number of rotatable bonds is 0. The first-order chi connectivity index (χ1) is 9.95. The molecule has 0 radical (unpaired) electrons. The molecule has 0 bridgehead atoms.